The van der Waals surface area contributed by atoms with Crippen LogP contribution in [0.25, 0.3) is 0 Å². The number of aliphatic hydroxyl groups is 1. The number of hydrogen-bond donors (Lipinski definition) is 2. The fourth-order valence-electron chi connectivity index (χ4n) is 1.26. The standard InChI is InChI=1S/C11H15Cl2NO.ClH/c1-11(2,6-15)10(14)7-3-4-8(12)9(13)5-7;/h3-5,10,15H,6,14H2,1-2H3;1H/t10-;/m1./s1. The largest absolute Gasteiger partial charge is 0.396 e. The molecule has 0 amide bonds. The molecule has 1 aromatic carbocycles. The molecule has 0 heterocycles. The van der Waals surface area contributed by atoms with Crippen molar-refractivity contribution in [3.05, 3.63) is 33.8 Å². The first-order valence-corrected chi connectivity index (χ1v) is 5.45. The van der Waals surface area contributed by atoms with E-state index in [1.165, 1.54) is 0 Å². The van der Waals surface area contributed by atoms with E-state index in [1.807, 2.05) is 19.9 Å². The fourth-order valence-corrected chi connectivity index (χ4v) is 1.56. The molecular formula is C11H16Cl3NO. The molecule has 0 fully saturated rings. The molecule has 3 N–H and O–H groups in total. The van der Waals surface area contributed by atoms with Gasteiger partial charge in [0, 0.05) is 18.1 Å². The van der Waals surface area contributed by atoms with Gasteiger partial charge in [0.2, 0.25) is 0 Å². The van der Waals surface area contributed by atoms with Crippen LogP contribution in [0.1, 0.15) is 25.5 Å². The van der Waals surface area contributed by atoms with E-state index in [2.05, 4.69) is 0 Å². The first kappa shape index (κ1) is 16.0. The van der Waals surface area contributed by atoms with Gasteiger partial charge in [-0.1, -0.05) is 43.1 Å². The zero-order valence-electron chi connectivity index (χ0n) is 9.21. The van der Waals surface area contributed by atoms with E-state index in [1.54, 1.807) is 12.1 Å². The lowest BCUT2D eigenvalue weighted by molar-refractivity contribution is 0.132. The van der Waals surface area contributed by atoms with Crippen LogP contribution in [0.5, 0.6) is 0 Å². The number of rotatable bonds is 3. The molecule has 2 nitrogen and oxygen atoms in total. The van der Waals surface area contributed by atoms with Gasteiger partial charge >= 0.3 is 0 Å². The third kappa shape index (κ3) is 3.51. The Bertz CT molecular complexity index is 355. The van der Waals surface area contributed by atoms with Crippen molar-refractivity contribution in [3.8, 4) is 0 Å². The predicted octanol–water partition coefficient (Wildman–Crippen LogP) is 3.43. The molecule has 0 saturated carbocycles. The van der Waals surface area contributed by atoms with Crippen molar-refractivity contribution in [3.63, 3.8) is 0 Å². The SMILES string of the molecule is CC(C)(CO)[C@H](N)c1ccc(Cl)c(Cl)c1.Cl. The monoisotopic (exact) mass is 283 g/mol. The van der Waals surface area contributed by atoms with Gasteiger partial charge in [0.1, 0.15) is 0 Å². The molecule has 0 aliphatic rings. The van der Waals surface area contributed by atoms with Crippen LogP contribution < -0.4 is 5.73 Å². The van der Waals surface area contributed by atoms with Gasteiger partial charge < -0.3 is 10.8 Å². The molecule has 0 bridgehead atoms. The summed E-state index contributed by atoms with van der Waals surface area (Å²) >= 11 is 11.7. The van der Waals surface area contributed by atoms with Crippen molar-refractivity contribution in [2.45, 2.75) is 19.9 Å². The third-order valence-corrected chi connectivity index (χ3v) is 3.29. The van der Waals surface area contributed by atoms with E-state index >= 15 is 0 Å². The molecule has 0 saturated heterocycles. The first-order valence-electron chi connectivity index (χ1n) is 4.70. The number of halogens is 3. The first-order chi connectivity index (χ1) is 6.88. The number of aliphatic hydroxyl groups excluding tert-OH is 1. The van der Waals surface area contributed by atoms with E-state index in [0.29, 0.717) is 10.0 Å². The van der Waals surface area contributed by atoms with E-state index in [4.69, 9.17) is 28.9 Å². The zero-order chi connectivity index (χ0) is 11.6. The minimum absolute atomic E-state index is 0. The Balaban J connectivity index is 0.00000225. The summed E-state index contributed by atoms with van der Waals surface area (Å²) in [5.74, 6) is 0. The summed E-state index contributed by atoms with van der Waals surface area (Å²) < 4.78 is 0. The van der Waals surface area contributed by atoms with Crippen LogP contribution in [-0.2, 0) is 0 Å². The molecule has 16 heavy (non-hydrogen) atoms. The van der Waals surface area contributed by atoms with Crippen molar-refractivity contribution in [2.75, 3.05) is 6.61 Å². The van der Waals surface area contributed by atoms with Gasteiger partial charge in [-0.25, -0.2) is 0 Å². The van der Waals surface area contributed by atoms with Gasteiger partial charge in [-0.3, -0.25) is 0 Å². The third-order valence-electron chi connectivity index (χ3n) is 2.55. The second-order valence-electron chi connectivity index (χ2n) is 4.30. The summed E-state index contributed by atoms with van der Waals surface area (Å²) in [5, 5.41) is 10.2. The van der Waals surface area contributed by atoms with Crippen LogP contribution in [0, 0.1) is 5.41 Å². The van der Waals surface area contributed by atoms with Gasteiger partial charge in [0.15, 0.2) is 0 Å². The zero-order valence-corrected chi connectivity index (χ0v) is 11.5. The molecule has 0 unspecified atom stereocenters. The number of nitrogens with two attached hydrogens (primary N) is 1. The van der Waals surface area contributed by atoms with Crippen molar-refractivity contribution in [1.29, 1.82) is 0 Å². The quantitative estimate of drug-likeness (QED) is 0.893. The van der Waals surface area contributed by atoms with Gasteiger partial charge in [0.05, 0.1) is 10.0 Å². The predicted molar refractivity (Wildman–Crippen MR) is 71.5 cm³/mol. The second-order valence-corrected chi connectivity index (χ2v) is 5.11. The second kappa shape index (κ2) is 6.08. The molecule has 0 aliphatic carbocycles. The minimum Gasteiger partial charge on any atom is -0.396 e. The van der Waals surface area contributed by atoms with Gasteiger partial charge in [0.25, 0.3) is 0 Å². The number of hydrogen-bond acceptors (Lipinski definition) is 2. The average Bonchev–Trinajstić information content (AvgIpc) is 2.21. The molecule has 0 aliphatic heterocycles. The highest BCUT2D eigenvalue weighted by Crippen LogP contribution is 2.33. The van der Waals surface area contributed by atoms with Crippen LogP contribution in [-0.4, -0.2) is 11.7 Å². The Labute approximate surface area is 112 Å². The Hall–Kier alpha value is 0.01000. The van der Waals surface area contributed by atoms with Gasteiger partial charge in [-0.05, 0) is 17.7 Å². The maximum atomic E-state index is 9.21. The van der Waals surface area contributed by atoms with Crippen molar-refractivity contribution < 1.29 is 5.11 Å². The lowest BCUT2D eigenvalue weighted by atomic mass is 9.82. The van der Waals surface area contributed by atoms with Crippen LogP contribution >= 0.6 is 35.6 Å². The van der Waals surface area contributed by atoms with Crippen LogP contribution in [0.15, 0.2) is 18.2 Å². The molecule has 5 heteroatoms. The van der Waals surface area contributed by atoms with E-state index in [9.17, 15) is 5.11 Å². The highest BCUT2D eigenvalue weighted by atomic mass is 35.5. The summed E-state index contributed by atoms with van der Waals surface area (Å²) in [6.07, 6.45) is 0. The Kier molecular flexibility index (Phi) is 6.09. The molecule has 0 radical (unpaired) electrons. The molecule has 1 atom stereocenters. The molecule has 1 aromatic rings. The highest BCUT2D eigenvalue weighted by Gasteiger charge is 2.27. The molecular weight excluding hydrogens is 268 g/mol. The van der Waals surface area contributed by atoms with Crippen molar-refractivity contribution in [1.82, 2.24) is 0 Å². The fraction of sp³-hybridized carbons (Fsp3) is 0.455. The maximum Gasteiger partial charge on any atom is 0.0595 e. The van der Waals surface area contributed by atoms with Crippen LogP contribution in [0.2, 0.25) is 10.0 Å². The Morgan fingerprint density at radius 2 is 1.88 bits per heavy atom. The number of benzene rings is 1. The molecule has 0 spiro atoms. The Morgan fingerprint density at radius 1 is 1.31 bits per heavy atom. The van der Waals surface area contributed by atoms with Crippen LogP contribution in [0.4, 0.5) is 0 Å². The highest BCUT2D eigenvalue weighted by molar-refractivity contribution is 6.42. The summed E-state index contributed by atoms with van der Waals surface area (Å²) in [6.45, 7) is 3.83. The lowest BCUT2D eigenvalue weighted by Crippen LogP contribution is -2.32. The Morgan fingerprint density at radius 3 is 2.31 bits per heavy atom. The average molecular weight is 285 g/mol. The summed E-state index contributed by atoms with van der Waals surface area (Å²) in [4.78, 5) is 0. The van der Waals surface area contributed by atoms with Crippen molar-refractivity contribution >= 4 is 35.6 Å². The maximum absolute atomic E-state index is 9.21. The normalized spacial score (nSPS) is 13.1. The minimum atomic E-state index is -0.378. The van der Waals surface area contributed by atoms with E-state index in [0.717, 1.165) is 5.56 Å². The van der Waals surface area contributed by atoms with Gasteiger partial charge in [-0.2, -0.15) is 0 Å². The van der Waals surface area contributed by atoms with Gasteiger partial charge in [-0.15, -0.1) is 12.4 Å². The van der Waals surface area contributed by atoms with E-state index in [-0.39, 0.29) is 30.5 Å². The molecule has 92 valence electrons. The van der Waals surface area contributed by atoms with Crippen LogP contribution in [0.3, 0.4) is 0 Å². The smallest absolute Gasteiger partial charge is 0.0595 e. The summed E-state index contributed by atoms with van der Waals surface area (Å²) in [6, 6.07) is 5.02. The topological polar surface area (TPSA) is 46.2 Å². The lowest BCUT2D eigenvalue weighted by Gasteiger charge is -2.29. The molecule has 0 aromatic heterocycles. The van der Waals surface area contributed by atoms with Crippen molar-refractivity contribution in [2.24, 2.45) is 11.1 Å². The van der Waals surface area contributed by atoms with E-state index < -0.39 is 0 Å². The summed E-state index contributed by atoms with van der Waals surface area (Å²) in [7, 11) is 0. The molecule has 1 rings (SSSR count). The summed E-state index contributed by atoms with van der Waals surface area (Å²) in [5.41, 5.74) is 6.54.